The van der Waals surface area contributed by atoms with Crippen molar-refractivity contribution in [3.63, 3.8) is 0 Å². The summed E-state index contributed by atoms with van der Waals surface area (Å²) in [5, 5.41) is 0. The van der Waals surface area contributed by atoms with Crippen molar-refractivity contribution in [2.75, 3.05) is 19.4 Å². The molecule has 0 N–H and O–H groups in total. The maximum Gasteiger partial charge on any atom is 0.330 e. The molecule has 0 spiro atoms. The highest BCUT2D eigenvalue weighted by molar-refractivity contribution is 7.53. The summed E-state index contributed by atoms with van der Waals surface area (Å²) in [7, 11) is -2.86. The van der Waals surface area contributed by atoms with Gasteiger partial charge in [0.05, 0.1) is 19.4 Å². The third-order valence-electron chi connectivity index (χ3n) is 5.86. The second kappa shape index (κ2) is 23.8. The van der Waals surface area contributed by atoms with Crippen LogP contribution in [0, 0.1) is 0 Å². The summed E-state index contributed by atoms with van der Waals surface area (Å²) in [5.41, 5.74) is 0. The first-order chi connectivity index (χ1) is 14.7. The van der Waals surface area contributed by atoms with Crippen molar-refractivity contribution in [1.82, 2.24) is 0 Å². The van der Waals surface area contributed by atoms with Crippen molar-refractivity contribution < 1.29 is 13.6 Å². The Hall–Kier alpha value is 0.150. The molecule has 0 heterocycles. The minimum atomic E-state index is -2.86. The Kier molecular flexibility index (Phi) is 23.9. The highest BCUT2D eigenvalue weighted by atomic mass is 31.2. The van der Waals surface area contributed by atoms with Crippen LogP contribution >= 0.6 is 7.60 Å². The van der Waals surface area contributed by atoms with Gasteiger partial charge in [-0.25, -0.2) is 0 Å². The Morgan fingerprint density at radius 2 is 0.767 bits per heavy atom. The summed E-state index contributed by atoms with van der Waals surface area (Å²) in [6.45, 7) is 7.68. The molecule has 182 valence electrons. The van der Waals surface area contributed by atoms with Gasteiger partial charge >= 0.3 is 7.60 Å². The van der Waals surface area contributed by atoms with Crippen molar-refractivity contribution >= 4 is 7.60 Å². The van der Waals surface area contributed by atoms with Gasteiger partial charge in [-0.1, -0.05) is 130 Å². The van der Waals surface area contributed by atoms with E-state index in [0.29, 0.717) is 19.4 Å². The zero-order valence-corrected chi connectivity index (χ0v) is 21.8. The van der Waals surface area contributed by atoms with Crippen molar-refractivity contribution in [2.24, 2.45) is 0 Å². The van der Waals surface area contributed by atoms with Crippen molar-refractivity contribution in [3.05, 3.63) is 0 Å². The topological polar surface area (TPSA) is 35.5 Å². The van der Waals surface area contributed by atoms with Gasteiger partial charge in [0.15, 0.2) is 0 Å². The van der Waals surface area contributed by atoms with Gasteiger partial charge < -0.3 is 9.05 Å². The van der Waals surface area contributed by atoms with Crippen LogP contribution in [0.1, 0.15) is 149 Å². The number of rotatable bonds is 25. The van der Waals surface area contributed by atoms with E-state index in [9.17, 15) is 4.57 Å². The lowest BCUT2D eigenvalue weighted by molar-refractivity contribution is 0.198. The van der Waals surface area contributed by atoms with E-state index in [1.807, 2.05) is 0 Å². The fourth-order valence-electron chi connectivity index (χ4n) is 3.72. The van der Waals surface area contributed by atoms with Crippen LogP contribution in [0.2, 0.25) is 0 Å². The molecule has 0 fully saturated rings. The van der Waals surface area contributed by atoms with Crippen molar-refractivity contribution in [3.8, 4) is 0 Å². The van der Waals surface area contributed by atoms with Gasteiger partial charge in [0, 0.05) is 0 Å². The molecule has 0 aliphatic rings. The zero-order chi connectivity index (χ0) is 22.2. The summed E-state index contributed by atoms with van der Waals surface area (Å²) in [4.78, 5) is 0. The molecule has 0 aromatic rings. The SMILES string of the molecule is CCCCCCCCCCCCCCCCCCOP(=O)(CCCC)OCCCC. The van der Waals surface area contributed by atoms with Gasteiger partial charge in [-0.15, -0.1) is 0 Å². The molecule has 1 unspecified atom stereocenters. The molecule has 1 atom stereocenters. The fraction of sp³-hybridized carbons (Fsp3) is 1.00. The molecule has 0 aromatic heterocycles. The first-order valence-electron chi connectivity index (χ1n) is 13.6. The fourth-order valence-corrected chi connectivity index (χ4v) is 5.57. The monoisotopic (exact) mass is 446 g/mol. The highest BCUT2D eigenvalue weighted by Gasteiger charge is 2.23. The number of hydrogen-bond acceptors (Lipinski definition) is 3. The Morgan fingerprint density at radius 3 is 1.17 bits per heavy atom. The van der Waals surface area contributed by atoms with Gasteiger partial charge in [-0.2, -0.15) is 0 Å². The Bertz CT molecular complexity index is 373. The minimum Gasteiger partial charge on any atom is -0.309 e. The average molecular weight is 447 g/mol. The van der Waals surface area contributed by atoms with Crippen molar-refractivity contribution in [1.29, 1.82) is 0 Å². The van der Waals surface area contributed by atoms with E-state index in [-0.39, 0.29) is 0 Å². The molecule has 0 amide bonds. The van der Waals surface area contributed by atoms with Gasteiger partial charge in [-0.3, -0.25) is 4.57 Å². The maximum atomic E-state index is 12.8. The third kappa shape index (κ3) is 21.4. The summed E-state index contributed by atoms with van der Waals surface area (Å²) in [5.74, 6) is 0. The zero-order valence-electron chi connectivity index (χ0n) is 20.9. The number of hydrogen-bond donors (Lipinski definition) is 0. The maximum absolute atomic E-state index is 12.8. The molecule has 3 nitrogen and oxygen atoms in total. The second-order valence-electron chi connectivity index (χ2n) is 9.01. The van der Waals surface area contributed by atoms with E-state index in [2.05, 4.69) is 20.8 Å². The largest absolute Gasteiger partial charge is 0.330 e. The summed E-state index contributed by atoms with van der Waals surface area (Å²) >= 11 is 0. The van der Waals surface area contributed by atoms with Crippen LogP contribution in [-0.4, -0.2) is 19.4 Å². The molecular weight excluding hydrogens is 391 g/mol. The first-order valence-corrected chi connectivity index (χ1v) is 15.3. The minimum absolute atomic E-state index is 0.566. The molecule has 0 aliphatic carbocycles. The standard InChI is InChI=1S/C26H55O3P/c1-4-7-10-11-12-13-14-15-16-17-18-19-20-21-22-23-25-29-30(27,26-9-6-3)28-24-8-5-2/h4-26H2,1-3H3. The van der Waals surface area contributed by atoms with Gasteiger partial charge in [0.25, 0.3) is 0 Å². The summed E-state index contributed by atoms with van der Waals surface area (Å²) in [6, 6.07) is 0. The molecule has 0 aromatic carbocycles. The van der Waals surface area contributed by atoms with E-state index < -0.39 is 7.60 Å². The molecule has 0 aliphatic heterocycles. The van der Waals surface area contributed by atoms with Crippen LogP contribution < -0.4 is 0 Å². The van der Waals surface area contributed by atoms with Gasteiger partial charge in [0.2, 0.25) is 0 Å². The van der Waals surface area contributed by atoms with Crippen molar-refractivity contribution in [2.45, 2.75) is 149 Å². The summed E-state index contributed by atoms with van der Waals surface area (Å²) < 4.78 is 24.1. The van der Waals surface area contributed by atoms with E-state index in [1.54, 1.807) is 0 Å². The highest BCUT2D eigenvalue weighted by Crippen LogP contribution is 2.49. The quantitative estimate of drug-likeness (QED) is 0.103. The summed E-state index contributed by atoms with van der Waals surface area (Å²) in [6.07, 6.45) is 26.4. The van der Waals surface area contributed by atoms with Crippen LogP contribution in [0.15, 0.2) is 0 Å². The van der Waals surface area contributed by atoms with Crippen LogP contribution in [0.25, 0.3) is 0 Å². The second-order valence-corrected chi connectivity index (χ2v) is 11.2. The molecule has 0 saturated heterocycles. The van der Waals surface area contributed by atoms with E-state index in [0.717, 1.165) is 32.1 Å². The Morgan fingerprint density at radius 1 is 0.433 bits per heavy atom. The van der Waals surface area contributed by atoms with E-state index in [1.165, 1.54) is 96.3 Å². The van der Waals surface area contributed by atoms with E-state index >= 15 is 0 Å². The smallest absolute Gasteiger partial charge is 0.309 e. The number of unbranched alkanes of at least 4 members (excludes halogenated alkanes) is 17. The molecule has 4 heteroatoms. The van der Waals surface area contributed by atoms with Crippen LogP contribution in [0.5, 0.6) is 0 Å². The van der Waals surface area contributed by atoms with Gasteiger partial charge in [-0.05, 0) is 19.3 Å². The van der Waals surface area contributed by atoms with Gasteiger partial charge in [0.1, 0.15) is 0 Å². The average Bonchev–Trinajstić information content (AvgIpc) is 2.75. The molecule has 0 bridgehead atoms. The molecule has 30 heavy (non-hydrogen) atoms. The normalized spacial score (nSPS) is 13.6. The first kappa shape index (κ1) is 30.1. The molecule has 0 rings (SSSR count). The van der Waals surface area contributed by atoms with Crippen LogP contribution in [0.3, 0.4) is 0 Å². The lowest BCUT2D eigenvalue weighted by Gasteiger charge is -2.18. The Labute approximate surface area is 190 Å². The predicted octanol–water partition coefficient (Wildman–Crippen LogP) is 10.1. The Balaban J connectivity index is 3.43. The molecule has 0 radical (unpaired) electrons. The lowest BCUT2D eigenvalue weighted by atomic mass is 10.0. The lowest BCUT2D eigenvalue weighted by Crippen LogP contribution is -2.03. The van der Waals surface area contributed by atoms with Crippen LogP contribution in [-0.2, 0) is 13.6 Å². The third-order valence-corrected chi connectivity index (χ3v) is 7.87. The van der Waals surface area contributed by atoms with E-state index in [4.69, 9.17) is 9.05 Å². The molecular formula is C26H55O3P. The molecule has 0 saturated carbocycles. The predicted molar refractivity (Wildman–Crippen MR) is 134 cm³/mol. The van der Waals surface area contributed by atoms with Crippen LogP contribution in [0.4, 0.5) is 0 Å².